The lowest BCUT2D eigenvalue weighted by Gasteiger charge is -2.18. The molecule has 36 heavy (non-hydrogen) atoms. The summed E-state index contributed by atoms with van der Waals surface area (Å²) in [6, 6.07) is 19.9. The minimum Gasteiger partial charge on any atom is -0.493 e. The van der Waals surface area contributed by atoms with Crippen LogP contribution in [0.5, 0.6) is 11.5 Å². The molecule has 1 heterocycles. The second-order valence-electron chi connectivity index (χ2n) is 9.05. The van der Waals surface area contributed by atoms with Gasteiger partial charge in [0, 0.05) is 11.3 Å². The number of carbonyl (C=O) groups excluding carboxylic acids is 1. The minimum atomic E-state index is -0.474. The van der Waals surface area contributed by atoms with Crippen LogP contribution in [0, 0.1) is 0 Å². The zero-order valence-corrected chi connectivity index (χ0v) is 20.7. The highest BCUT2D eigenvalue weighted by molar-refractivity contribution is 6.02. The third-order valence-corrected chi connectivity index (χ3v) is 6.76. The van der Waals surface area contributed by atoms with Crippen LogP contribution in [0.25, 0.3) is 22.5 Å². The highest BCUT2D eigenvalue weighted by Gasteiger charge is 2.51. The molecule has 1 fully saturated rings. The van der Waals surface area contributed by atoms with Gasteiger partial charge in [0.05, 0.1) is 19.6 Å². The number of ether oxygens (including phenoxy) is 2. The van der Waals surface area contributed by atoms with E-state index in [4.69, 9.17) is 9.47 Å². The van der Waals surface area contributed by atoms with Crippen molar-refractivity contribution < 1.29 is 14.3 Å². The van der Waals surface area contributed by atoms with Crippen LogP contribution >= 0.6 is 0 Å². The van der Waals surface area contributed by atoms with Gasteiger partial charge in [0.2, 0.25) is 11.7 Å². The summed E-state index contributed by atoms with van der Waals surface area (Å²) < 4.78 is 10.9. The molecule has 5 rings (SSSR count). The fourth-order valence-electron chi connectivity index (χ4n) is 4.67. The molecule has 184 valence electrons. The molecular weight excluding hydrogens is 454 g/mol. The van der Waals surface area contributed by atoms with Crippen molar-refractivity contribution in [2.75, 3.05) is 19.5 Å². The Morgan fingerprint density at radius 1 is 1.00 bits per heavy atom. The fourth-order valence-corrected chi connectivity index (χ4v) is 4.67. The second-order valence-corrected chi connectivity index (χ2v) is 9.05. The maximum Gasteiger partial charge on any atom is 0.235 e. The third kappa shape index (κ3) is 4.42. The van der Waals surface area contributed by atoms with E-state index in [-0.39, 0.29) is 5.91 Å². The van der Waals surface area contributed by atoms with Crippen molar-refractivity contribution in [2.24, 2.45) is 0 Å². The number of carbonyl (C=O) groups is 1. The molecule has 0 saturated heterocycles. The summed E-state index contributed by atoms with van der Waals surface area (Å²) in [5.41, 5.74) is 5.08. The molecule has 0 bridgehead atoms. The summed E-state index contributed by atoms with van der Waals surface area (Å²) in [5.74, 6) is 1.70. The molecule has 2 N–H and O–H groups in total. The summed E-state index contributed by atoms with van der Waals surface area (Å²) in [7, 11) is 3.21. The van der Waals surface area contributed by atoms with Gasteiger partial charge in [-0.1, -0.05) is 49.7 Å². The number of nitrogens with one attached hydrogen (secondary N) is 2. The Morgan fingerprint density at radius 3 is 2.53 bits per heavy atom. The lowest BCUT2D eigenvalue weighted by atomic mass is 9.92. The van der Waals surface area contributed by atoms with Crippen molar-refractivity contribution in [1.29, 1.82) is 0 Å². The Balaban J connectivity index is 1.47. The zero-order chi connectivity index (χ0) is 25.1. The molecule has 1 saturated carbocycles. The largest absolute Gasteiger partial charge is 0.493 e. The Labute approximate surface area is 210 Å². The lowest BCUT2D eigenvalue weighted by Crippen LogP contribution is -2.28. The second kappa shape index (κ2) is 9.81. The Hall–Kier alpha value is -4.20. The van der Waals surface area contributed by atoms with Gasteiger partial charge in [-0.05, 0) is 71.0 Å². The minimum absolute atomic E-state index is 0.00840. The standard InChI is InChI=1S/C28H29N5O3/c1-4-6-18-7-5-8-20(15-18)28(13-14-28)27(34)29-21-10-11-22(23(17-21)26-30-32-33-31-26)19-9-12-24(35-2)25(16-19)36-3/h5,7-12,15-17H,4,6,13-14H2,1-3H3,(H,29,34)(H,30,31,32,33). The van der Waals surface area contributed by atoms with Crippen LogP contribution in [0.2, 0.25) is 0 Å². The first-order valence-electron chi connectivity index (χ1n) is 12.1. The lowest BCUT2D eigenvalue weighted by molar-refractivity contribution is -0.118. The summed E-state index contributed by atoms with van der Waals surface area (Å²) in [5, 5.41) is 17.8. The van der Waals surface area contributed by atoms with Crippen molar-refractivity contribution in [3.05, 3.63) is 71.8 Å². The Morgan fingerprint density at radius 2 is 1.83 bits per heavy atom. The van der Waals surface area contributed by atoms with Gasteiger partial charge in [0.1, 0.15) is 0 Å². The number of hydrogen-bond donors (Lipinski definition) is 2. The molecule has 3 aromatic carbocycles. The molecule has 8 heteroatoms. The van der Waals surface area contributed by atoms with E-state index in [0.717, 1.165) is 47.9 Å². The fraction of sp³-hybridized carbons (Fsp3) is 0.286. The Kier molecular flexibility index (Phi) is 6.41. The summed E-state index contributed by atoms with van der Waals surface area (Å²) in [6.45, 7) is 2.17. The van der Waals surface area contributed by atoms with Crippen molar-refractivity contribution >= 4 is 11.6 Å². The van der Waals surface area contributed by atoms with E-state index in [1.54, 1.807) is 14.2 Å². The maximum absolute atomic E-state index is 13.5. The molecule has 0 spiro atoms. The van der Waals surface area contributed by atoms with E-state index in [1.807, 2.05) is 36.4 Å². The number of hydrogen-bond acceptors (Lipinski definition) is 6. The topological polar surface area (TPSA) is 102 Å². The van der Waals surface area contributed by atoms with E-state index >= 15 is 0 Å². The number of methoxy groups -OCH3 is 2. The van der Waals surface area contributed by atoms with Crippen LogP contribution in [-0.2, 0) is 16.6 Å². The Bertz CT molecular complexity index is 1380. The van der Waals surface area contributed by atoms with Gasteiger partial charge < -0.3 is 14.8 Å². The van der Waals surface area contributed by atoms with Crippen molar-refractivity contribution in [3.8, 4) is 34.0 Å². The highest BCUT2D eigenvalue weighted by Crippen LogP contribution is 2.49. The molecular formula is C28H29N5O3. The highest BCUT2D eigenvalue weighted by atomic mass is 16.5. The predicted molar refractivity (Wildman–Crippen MR) is 138 cm³/mol. The molecule has 4 aromatic rings. The van der Waals surface area contributed by atoms with Gasteiger partial charge >= 0.3 is 0 Å². The van der Waals surface area contributed by atoms with Gasteiger partial charge in [-0.25, -0.2) is 0 Å². The number of H-pyrrole nitrogens is 1. The number of tetrazole rings is 1. The monoisotopic (exact) mass is 483 g/mol. The van der Waals surface area contributed by atoms with Gasteiger partial charge in [0.15, 0.2) is 11.5 Å². The van der Waals surface area contributed by atoms with E-state index in [0.29, 0.717) is 23.0 Å². The van der Waals surface area contributed by atoms with E-state index in [2.05, 4.69) is 57.1 Å². The number of amides is 1. The first-order valence-corrected chi connectivity index (χ1v) is 12.1. The molecule has 0 atom stereocenters. The van der Waals surface area contributed by atoms with E-state index < -0.39 is 5.41 Å². The molecule has 0 radical (unpaired) electrons. The third-order valence-electron chi connectivity index (χ3n) is 6.76. The van der Waals surface area contributed by atoms with Gasteiger partial charge in [-0.15, -0.1) is 10.2 Å². The summed E-state index contributed by atoms with van der Waals surface area (Å²) in [6.07, 6.45) is 3.77. The first kappa shape index (κ1) is 23.5. The van der Waals surface area contributed by atoms with Gasteiger partial charge in [0.25, 0.3) is 0 Å². The summed E-state index contributed by atoms with van der Waals surface area (Å²) >= 11 is 0. The van der Waals surface area contributed by atoms with Crippen molar-refractivity contribution in [1.82, 2.24) is 20.6 Å². The molecule has 0 unspecified atom stereocenters. The van der Waals surface area contributed by atoms with E-state index in [1.165, 1.54) is 5.56 Å². The number of aryl methyl sites for hydroxylation is 1. The number of rotatable bonds is 9. The van der Waals surface area contributed by atoms with Gasteiger partial charge in [-0.2, -0.15) is 5.21 Å². The van der Waals surface area contributed by atoms with Crippen molar-refractivity contribution in [2.45, 2.75) is 38.0 Å². The van der Waals surface area contributed by atoms with Crippen LogP contribution in [-0.4, -0.2) is 40.8 Å². The van der Waals surface area contributed by atoms with Gasteiger partial charge in [-0.3, -0.25) is 4.79 Å². The SMILES string of the molecule is CCCc1cccc(C2(C(=O)Nc3ccc(-c4ccc(OC)c(OC)c4)c(-c4nn[nH]n4)c3)CC2)c1. The van der Waals surface area contributed by atoms with E-state index in [9.17, 15) is 4.79 Å². The maximum atomic E-state index is 13.5. The zero-order valence-electron chi connectivity index (χ0n) is 20.7. The normalized spacial score (nSPS) is 13.8. The summed E-state index contributed by atoms with van der Waals surface area (Å²) in [4.78, 5) is 13.5. The van der Waals surface area contributed by atoms with Crippen LogP contribution in [0.3, 0.4) is 0 Å². The van der Waals surface area contributed by atoms with Crippen LogP contribution in [0.1, 0.15) is 37.3 Å². The number of anilines is 1. The molecule has 1 aromatic heterocycles. The molecule has 1 aliphatic carbocycles. The average Bonchev–Trinajstić information content (AvgIpc) is 3.55. The first-order chi connectivity index (χ1) is 17.6. The molecule has 0 aliphatic heterocycles. The van der Waals surface area contributed by atoms with Crippen LogP contribution < -0.4 is 14.8 Å². The van der Waals surface area contributed by atoms with Crippen molar-refractivity contribution in [3.63, 3.8) is 0 Å². The van der Waals surface area contributed by atoms with Crippen LogP contribution in [0.4, 0.5) is 5.69 Å². The smallest absolute Gasteiger partial charge is 0.235 e. The molecule has 1 amide bonds. The number of nitrogens with zero attached hydrogens (tertiary/aromatic N) is 3. The predicted octanol–water partition coefficient (Wildman–Crippen LogP) is 5.17. The number of benzene rings is 3. The number of aromatic amines is 1. The molecule has 8 nitrogen and oxygen atoms in total. The number of aromatic nitrogens is 4. The van der Waals surface area contributed by atoms with Crippen LogP contribution in [0.15, 0.2) is 60.7 Å². The average molecular weight is 484 g/mol. The molecule has 1 aliphatic rings. The quantitative estimate of drug-likeness (QED) is 0.340.